The summed E-state index contributed by atoms with van der Waals surface area (Å²) in [6, 6.07) is 10.6. The number of halogens is 3. The summed E-state index contributed by atoms with van der Waals surface area (Å²) in [5.41, 5.74) is 1.32. The molecule has 8 nitrogen and oxygen atoms in total. The Morgan fingerprint density at radius 2 is 1.56 bits per heavy atom. The molecular weight excluding hydrogens is 479 g/mol. The summed E-state index contributed by atoms with van der Waals surface area (Å²) in [5.74, 6) is -0.973. The Labute approximate surface area is 207 Å². The molecule has 1 fully saturated rings. The normalized spacial score (nSPS) is 14.1. The molecule has 2 aromatic carbocycles. The lowest BCUT2D eigenvalue weighted by Gasteiger charge is -2.36. The Bertz CT molecular complexity index is 1080. The lowest BCUT2D eigenvalue weighted by atomic mass is 10.1. The molecule has 0 spiro atoms. The summed E-state index contributed by atoms with van der Waals surface area (Å²) in [6.45, 7) is 3.31. The van der Waals surface area contributed by atoms with Crippen LogP contribution in [-0.4, -0.2) is 64.3 Å². The Kier molecular flexibility index (Phi) is 8.81. The third-order valence-electron chi connectivity index (χ3n) is 5.80. The van der Waals surface area contributed by atoms with Crippen LogP contribution < -0.4 is 15.0 Å². The number of methoxy groups -OCH3 is 3. The quantitative estimate of drug-likeness (QED) is 0.251. The number of hydrogen-bond donors (Lipinski definition) is 1. The maximum atomic E-state index is 12.8. The number of rotatable bonds is 8. The van der Waals surface area contributed by atoms with Gasteiger partial charge in [-0.3, -0.25) is 4.90 Å². The standard InChI is InChI=1S/C25H28F3N3O5/c1-34-22-9-6-19(29-15-21(23(32)35-2)24(33)36-3)14-17(22)16-30-10-12-31(13-11-30)20-7-4-18(5-8-20)25(26,27)28/h4-9,14-15,29H,10-13,16H2,1-3H3. The highest BCUT2D eigenvalue weighted by molar-refractivity contribution is 6.14. The molecule has 1 aliphatic rings. The SMILES string of the molecule is COC(=O)C(=CNc1ccc(OC)c(CN2CCN(c3ccc(C(F)(F)F)cc3)CC2)c1)C(=O)OC. The van der Waals surface area contributed by atoms with Crippen molar-refractivity contribution in [2.75, 3.05) is 57.7 Å². The number of ether oxygens (including phenoxy) is 3. The minimum absolute atomic E-state index is 0.281. The van der Waals surface area contributed by atoms with Gasteiger partial charge in [0.1, 0.15) is 5.75 Å². The molecule has 0 amide bonds. The predicted octanol–water partition coefficient (Wildman–Crippen LogP) is 3.68. The van der Waals surface area contributed by atoms with Crippen LogP contribution in [0.2, 0.25) is 0 Å². The fourth-order valence-electron chi connectivity index (χ4n) is 3.83. The first-order valence-corrected chi connectivity index (χ1v) is 11.1. The number of piperazine rings is 1. The van der Waals surface area contributed by atoms with Crippen molar-refractivity contribution in [3.05, 3.63) is 65.4 Å². The van der Waals surface area contributed by atoms with Crippen LogP contribution in [0.25, 0.3) is 0 Å². The monoisotopic (exact) mass is 507 g/mol. The van der Waals surface area contributed by atoms with Crippen LogP contribution in [0.5, 0.6) is 5.75 Å². The van der Waals surface area contributed by atoms with Crippen molar-refractivity contribution >= 4 is 23.3 Å². The minimum Gasteiger partial charge on any atom is -0.496 e. The van der Waals surface area contributed by atoms with E-state index in [4.69, 9.17) is 4.74 Å². The van der Waals surface area contributed by atoms with E-state index in [0.717, 1.165) is 23.4 Å². The van der Waals surface area contributed by atoms with Gasteiger partial charge in [0, 0.05) is 55.9 Å². The average Bonchev–Trinajstić information content (AvgIpc) is 2.88. The first kappa shape index (κ1) is 26.9. The van der Waals surface area contributed by atoms with Crippen molar-refractivity contribution < 1.29 is 37.0 Å². The Balaban J connectivity index is 1.66. The summed E-state index contributed by atoms with van der Waals surface area (Å²) >= 11 is 0. The molecule has 1 N–H and O–H groups in total. The molecule has 2 aromatic rings. The molecule has 1 aliphatic heterocycles. The van der Waals surface area contributed by atoms with Crippen molar-refractivity contribution in [2.24, 2.45) is 0 Å². The maximum absolute atomic E-state index is 12.8. The van der Waals surface area contributed by atoms with Crippen LogP contribution in [0.4, 0.5) is 24.5 Å². The molecule has 36 heavy (non-hydrogen) atoms. The van der Waals surface area contributed by atoms with E-state index >= 15 is 0 Å². The molecule has 0 atom stereocenters. The maximum Gasteiger partial charge on any atom is 0.416 e. The van der Waals surface area contributed by atoms with Gasteiger partial charge < -0.3 is 24.4 Å². The van der Waals surface area contributed by atoms with Crippen LogP contribution in [0, 0.1) is 0 Å². The highest BCUT2D eigenvalue weighted by atomic mass is 19.4. The summed E-state index contributed by atoms with van der Waals surface area (Å²) < 4.78 is 53.2. The van der Waals surface area contributed by atoms with Gasteiger partial charge >= 0.3 is 18.1 Å². The van der Waals surface area contributed by atoms with E-state index in [-0.39, 0.29) is 5.57 Å². The Hall–Kier alpha value is -3.73. The number of alkyl halides is 3. The largest absolute Gasteiger partial charge is 0.496 e. The van der Waals surface area contributed by atoms with Gasteiger partial charge in [0.2, 0.25) is 0 Å². The van der Waals surface area contributed by atoms with Gasteiger partial charge in [-0.05, 0) is 42.5 Å². The van der Waals surface area contributed by atoms with E-state index in [1.807, 2.05) is 6.07 Å². The molecule has 0 radical (unpaired) electrons. The Morgan fingerprint density at radius 3 is 2.08 bits per heavy atom. The van der Waals surface area contributed by atoms with Gasteiger partial charge in [-0.15, -0.1) is 0 Å². The molecule has 0 aliphatic carbocycles. The van der Waals surface area contributed by atoms with Crippen molar-refractivity contribution in [1.82, 2.24) is 4.90 Å². The highest BCUT2D eigenvalue weighted by Gasteiger charge is 2.30. The van der Waals surface area contributed by atoms with Gasteiger partial charge in [-0.2, -0.15) is 13.2 Å². The van der Waals surface area contributed by atoms with Crippen LogP contribution in [0.3, 0.4) is 0 Å². The zero-order valence-corrected chi connectivity index (χ0v) is 20.2. The first-order valence-electron chi connectivity index (χ1n) is 11.1. The Morgan fingerprint density at radius 1 is 0.944 bits per heavy atom. The number of carbonyl (C=O) groups excluding carboxylic acids is 2. The number of nitrogens with one attached hydrogen (secondary N) is 1. The van der Waals surface area contributed by atoms with Crippen molar-refractivity contribution in [3.8, 4) is 5.75 Å². The van der Waals surface area contributed by atoms with E-state index in [1.165, 1.54) is 32.6 Å². The number of hydrogen-bond acceptors (Lipinski definition) is 8. The molecule has 0 saturated carbocycles. The number of benzene rings is 2. The van der Waals surface area contributed by atoms with E-state index in [1.54, 1.807) is 19.2 Å². The summed E-state index contributed by atoms with van der Waals surface area (Å²) in [6.07, 6.45) is -3.12. The summed E-state index contributed by atoms with van der Waals surface area (Å²) in [7, 11) is 3.91. The van der Waals surface area contributed by atoms with E-state index in [2.05, 4.69) is 24.6 Å². The van der Waals surface area contributed by atoms with Crippen LogP contribution >= 0.6 is 0 Å². The van der Waals surface area contributed by atoms with Gasteiger partial charge in [0.25, 0.3) is 0 Å². The van der Waals surface area contributed by atoms with Crippen LogP contribution in [0.1, 0.15) is 11.1 Å². The van der Waals surface area contributed by atoms with E-state index < -0.39 is 23.7 Å². The van der Waals surface area contributed by atoms with E-state index in [9.17, 15) is 22.8 Å². The van der Waals surface area contributed by atoms with Crippen LogP contribution in [0.15, 0.2) is 54.2 Å². The predicted molar refractivity (Wildman–Crippen MR) is 128 cm³/mol. The third kappa shape index (κ3) is 6.69. The molecule has 0 unspecified atom stereocenters. The molecule has 1 heterocycles. The van der Waals surface area contributed by atoms with Gasteiger partial charge in [0.05, 0.1) is 26.9 Å². The van der Waals surface area contributed by atoms with Gasteiger partial charge in [-0.25, -0.2) is 9.59 Å². The second-order valence-electron chi connectivity index (χ2n) is 8.02. The van der Waals surface area contributed by atoms with Gasteiger partial charge in [0.15, 0.2) is 5.57 Å². The van der Waals surface area contributed by atoms with Gasteiger partial charge in [-0.1, -0.05) is 0 Å². The first-order chi connectivity index (χ1) is 17.2. The smallest absolute Gasteiger partial charge is 0.416 e. The topological polar surface area (TPSA) is 80.3 Å². The lowest BCUT2D eigenvalue weighted by Crippen LogP contribution is -2.46. The molecular formula is C25H28F3N3O5. The highest BCUT2D eigenvalue weighted by Crippen LogP contribution is 2.31. The molecule has 3 rings (SSSR count). The zero-order valence-electron chi connectivity index (χ0n) is 20.2. The number of carbonyl (C=O) groups is 2. The zero-order chi connectivity index (χ0) is 26.3. The van der Waals surface area contributed by atoms with Crippen molar-refractivity contribution in [2.45, 2.75) is 12.7 Å². The molecule has 0 aromatic heterocycles. The fourth-order valence-corrected chi connectivity index (χ4v) is 3.83. The average molecular weight is 508 g/mol. The van der Waals surface area contributed by atoms with E-state index in [0.29, 0.717) is 44.2 Å². The van der Waals surface area contributed by atoms with Crippen LogP contribution in [-0.2, 0) is 31.8 Å². The molecule has 1 saturated heterocycles. The lowest BCUT2D eigenvalue weighted by molar-refractivity contribution is -0.144. The minimum atomic E-state index is -4.35. The second kappa shape index (κ2) is 11.8. The summed E-state index contributed by atoms with van der Waals surface area (Å²) in [5, 5.41) is 2.92. The summed E-state index contributed by atoms with van der Waals surface area (Å²) in [4.78, 5) is 28.0. The fraction of sp³-hybridized carbons (Fsp3) is 0.360. The third-order valence-corrected chi connectivity index (χ3v) is 5.80. The number of anilines is 2. The van der Waals surface area contributed by atoms with Crippen molar-refractivity contribution in [3.63, 3.8) is 0 Å². The number of esters is 2. The second-order valence-corrected chi connectivity index (χ2v) is 8.02. The number of nitrogens with zero attached hydrogens (tertiary/aromatic N) is 2. The molecule has 11 heteroatoms. The molecule has 194 valence electrons. The van der Waals surface area contributed by atoms with Crippen molar-refractivity contribution in [1.29, 1.82) is 0 Å². The molecule has 0 bridgehead atoms.